The lowest BCUT2D eigenvalue weighted by atomic mass is 10.00. The number of aromatic hydroxyl groups is 1. The molecule has 1 atom stereocenters. The van der Waals surface area contributed by atoms with Gasteiger partial charge in [-0.2, -0.15) is 0 Å². The summed E-state index contributed by atoms with van der Waals surface area (Å²) in [5.41, 5.74) is 5.71. The maximum absolute atomic E-state index is 13.7. The molecule has 0 aliphatic heterocycles. The molecule has 1 unspecified atom stereocenters. The van der Waals surface area contributed by atoms with E-state index < -0.39 is 47.2 Å². The van der Waals surface area contributed by atoms with Crippen LogP contribution in [0.4, 0.5) is 10.1 Å². The quantitative estimate of drug-likeness (QED) is 0.436. The third-order valence-electron chi connectivity index (χ3n) is 4.86. The van der Waals surface area contributed by atoms with Crippen LogP contribution in [0.1, 0.15) is 12.5 Å². The zero-order valence-corrected chi connectivity index (χ0v) is 17.6. The Labute approximate surface area is 187 Å². The minimum absolute atomic E-state index is 0.168. The number of Topliss-reactive ketones (excluding diaryl/α,β-unsaturated/α-hetero) is 2. The summed E-state index contributed by atoms with van der Waals surface area (Å²) in [6.07, 6.45) is 0.998. The molecule has 0 saturated heterocycles. The van der Waals surface area contributed by atoms with Crippen LogP contribution in [0, 0.1) is 5.82 Å². The van der Waals surface area contributed by atoms with E-state index >= 15 is 0 Å². The van der Waals surface area contributed by atoms with Gasteiger partial charge >= 0.3 is 0 Å². The first-order chi connectivity index (χ1) is 15.7. The van der Waals surface area contributed by atoms with Crippen LogP contribution < -0.4 is 16.6 Å². The van der Waals surface area contributed by atoms with Crippen molar-refractivity contribution >= 4 is 23.2 Å². The molecule has 0 aliphatic carbocycles. The minimum Gasteiger partial charge on any atom is -0.505 e. The number of carbonyl (C=O) groups is 3. The van der Waals surface area contributed by atoms with Crippen LogP contribution in [-0.4, -0.2) is 38.2 Å². The van der Waals surface area contributed by atoms with Gasteiger partial charge in [-0.25, -0.2) is 9.37 Å². The number of hydrogen-bond acceptors (Lipinski definition) is 7. The van der Waals surface area contributed by atoms with Gasteiger partial charge in [0.1, 0.15) is 18.1 Å². The van der Waals surface area contributed by atoms with E-state index in [4.69, 9.17) is 5.73 Å². The summed E-state index contributed by atoms with van der Waals surface area (Å²) in [5.74, 6) is -3.72. The van der Waals surface area contributed by atoms with Gasteiger partial charge in [0.2, 0.25) is 11.7 Å². The van der Waals surface area contributed by atoms with Crippen molar-refractivity contribution in [1.82, 2.24) is 14.9 Å². The fourth-order valence-electron chi connectivity index (χ4n) is 3.22. The summed E-state index contributed by atoms with van der Waals surface area (Å²) >= 11 is 0. The van der Waals surface area contributed by atoms with Crippen molar-refractivity contribution in [2.24, 2.45) is 0 Å². The molecule has 1 heterocycles. The Balaban J connectivity index is 1.88. The molecule has 1 amide bonds. The van der Waals surface area contributed by atoms with Gasteiger partial charge in [-0.05, 0) is 17.7 Å². The molecule has 0 bridgehead atoms. The molecular weight excluding hydrogens is 431 g/mol. The molecule has 4 N–H and O–H groups in total. The number of nitrogens with zero attached hydrogens (tertiary/aromatic N) is 2. The fraction of sp³-hybridized carbons (Fsp3) is 0.174. The molecular formula is C23H21FN4O5. The molecule has 0 spiro atoms. The Morgan fingerprint density at radius 2 is 1.88 bits per heavy atom. The second kappa shape index (κ2) is 9.86. The smallest absolute Gasteiger partial charge is 0.277 e. The van der Waals surface area contributed by atoms with Crippen LogP contribution in [0.15, 0.2) is 59.5 Å². The zero-order valence-electron chi connectivity index (χ0n) is 17.6. The maximum Gasteiger partial charge on any atom is 0.277 e. The molecule has 0 fully saturated rings. The third-order valence-corrected chi connectivity index (χ3v) is 4.86. The fourth-order valence-corrected chi connectivity index (χ4v) is 3.22. The van der Waals surface area contributed by atoms with Gasteiger partial charge in [-0.3, -0.25) is 23.7 Å². The number of nitrogen functional groups attached to an aromatic ring is 1. The first kappa shape index (κ1) is 23.3. The number of halogens is 1. The van der Waals surface area contributed by atoms with E-state index in [0.29, 0.717) is 5.56 Å². The van der Waals surface area contributed by atoms with Crippen molar-refractivity contribution in [2.75, 3.05) is 5.73 Å². The van der Waals surface area contributed by atoms with Gasteiger partial charge in [-0.15, -0.1) is 0 Å². The Morgan fingerprint density at radius 3 is 2.52 bits per heavy atom. The lowest BCUT2D eigenvalue weighted by Gasteiger charge is -2.18. The first-order valence-corrected chi connectivity index (χ1v) is 9.89. The van der Waals surface area contributed by atoms with Crippen LogP contribution in [0.5, 0.6) is 5.75 Å². The minimum atomic E-state index is -1.30. The first-order valence-electron chi connectivity index (χ1n) is 9.89. The highest BCUT2D eigenvalue weighted by Crippen LogP contribution is 2.18. The number of phenolic OH excluding ortho intramolecular Hbond substituents is 1. The van der Waals surface area contributed by atoms with Crippen molar-refractivity contribution in [3.05, 3.63) is 76.5 Å². The molecule has 0 aliphatic rings. The number of ketones is 2. The average molecular weight is 452 g/mol. The Bertz CT molecular complexity index is 1270. The lowest BCUT2D eigenvalue weighted by molar-refractivity contribution is -0.137. The molecule has 0 radical (unpaired) electrons. The van der Waals surface area contributed by atoms with Gasteiger partial charge in [0.05, 0.1) is 12.2 Å². The van der Waals surface area contributed by atoms with E-state index in [9.17, 15) is 28.7 Å². The van der Waals surface area contributed by atoms with Crippen molar-refractivity contribution in [1.29, 1.82) is 0 Å². The highest BCUT2D eigenvalue weighted by Gasteiger charge is 2.26. The van der Waals surface area contributed by atoms with Crippen molar-refractivity contribution in [3.8, 4) is 17.1 Å². The summed E-state index contributed by atoms with van der Waals surface area (Å²) in [5, 5.41) is 11.8. The standard InChI is InChI=1S/C23H21FN4O5/c1-13(29)21(32)18(10-14-7-8-19(30)16(24)9-14)27-20(31)12-28-22(15-5-3-2-4-6-15)26-11-17(25)23(28)33/h2-9,11,18,30H,10,12,25H2,1H3,(H,27,31). The summed E-state index contributed by atoms with van der Waals surface area (Å²) in [4.78, 5) is 53.6. The summed E-state index contributed by atoms with van der Waals surface area (Å²) < 4.78 is 14.7. The van der Waals surface area contributed by atoms with Gasteiger partial charge < -0.3 is 16.2 Å². The van der Waals surface area contributed by atoms with Gasteiger partial charge in [0, 0.05) is 18.9 Å². The van der Waals surface area contributed by atoms with Crippen molar-refractivity contribution in [2.45, 2.75) is 25.9 Å². The number of benzene rings is 2. The molecule has 9 nitrogen and oxygen atoms in total. The monoisotopic (exact) mass is 452 g/mol. The molecule has 2 aromatic carbocycles. The van der Waals surface area contributed by atoms with Crippen molar-refractivity contribution in [3.63, 3.8) is 0 Å². The Hall–Kier alpha value is -4.34. The molecule has 10 heteroatoms. The maximum atomic E-state index is 13.7. The average Bonchev–Trinajstić information content (AvgIpc) is 2.79. The second-order valence-corrected chi connectivity index (χ2v) is 7.32. The number of rotatable bonds is 8. The van der Waals surface area contributed by atoms with Crippen molar-refractivity contribution < 1.29 is 23.9 Å². The summed E-state index contributed by atoms with van der Waals surface area (Å²) in [6, 6.07) is 10.8. The number of hydrogen-bond donors (Lipinski definition) is 3. The van der Waals surface area contributed by atoms with Gasteiger partial charge in [0.25, 0.3) is 5.56 Å². The van der Waals surface area contributed by atoms with Gasteiger partial charge in [-0.1, -0.05) is 36.4 Å². The predicted molar refractivity (Wildman–Crippen MR) is 118 cm³/mol. The van der Waals surface area contributed by atoms with E-state index in [-0.39, 0.29) is 23.5 Å². The number of anilines is 1. The molecule has 1 aromatic heterocycles. The van der Waals surface area contributed by atoms with E-state index in [1.807, 2.05) is 0 Å². The van der Waals surface area contributed by atoms with Crippen LogP contribution in [0.3, 0.4) is 0 Å². The molecule has 3 rings (SSSR count). The largest absolute Gasteiger partial charge is 0.505 e. The number of amides is 1. The molecule has 170 valence electrons. The van der Waals surface area contributed by atoms with E-state index in [1.54, 1.807) is 30.3 Å². The number of carbonyl (C=O) groups excluding carboxylic acids is 3. The lowest BCUT2D eigenvalue weighted by Crippen LogP contribution is -2.47. The van der Waals surface area contributed by atoms with Crippen LogP contribution in [-0.2, 0) is 27.3 Å². The number of nitrogens with one attached hydrogen (secondary N) is 1. The highest BCUT2D eigenvalue weighted by atomic mass is 19.1. The predicted octanol–water partition coefficient (Wildman–Crippen LogP) is 1.22. The molecule has 33 heavy (non-hydrogen) atoms. The third kappa shape index (κ3) is 5.48. The van der Waals surface area contributed by atoms with Crippen LogP contribution >= 0.6 is 0 Å². The molecule has 0 saturated carbocycles. The van der Waals surface area contributed by atoms with E-state index in [0.717, 1.165) is 23.6 Å². The topological polar surface area (TPSA) is 144 Å². The van der Waals surface area contributed by atoms with Gasteiger partial charge in [0.15, 0.2) is 17.3 Å². The number of aromatic nitrogens is 2. The van der Waals surface area contributed by atoms with Crippen LogP contribution in [0.25, 0.3) is 11.4 Å². The summed E-state index contributed by atoms with van der Waals surface area (Å²) in [6.45, 7) is 0.533. The van der Waals surface area contributed by atoms with Crippen LogP contribution in [0.2, 0.25) is 0 Å². The highest BCUT2D eigenvalue weighted by molar-refractivity contribution is 6.38. The SMILES string of the molecule is CC(=O)C(=O)C(Cc1ccc(O)c(F)c1)NC(=O)Cn1c(-c2ccccc2)ncc(N)c1=O. The Morgan fingerprint density at radius 1 is 1.18 bits per heavy atom. The summed E-state index contributed by atoms with van der Waals surface area (Å²) in [7, 11) is 0. The normalized spacial score (nSPS) is 11.6. The Kier molecular flexibility index (Phi) is 6.97. The van der Waals surface area contributed by atoms with E-state index in [1.165, 1.54) is 12.3 Å². The van der Waals surface area contributed by atoms with E-state index in [2.05, 4.69) is 10.3 Å². The zero-order chi connectivity index (χ0) is 24.1. The molecule has 3 aromatic rings. The second-order valence-electron chi connectivity index (χ2n) is 7.32. The number of phenols is 1. The number of nitrogens with two attached hydrogens (primary N) is 1.